The lowest BCUT2D eigenvalue weighted by atomic mass is 10.0. The van der Waals surface area contributed by atoms with Crippen LogP contribution < -0.4 is 5.32 Å². The van der Waals surface area contributed by atoms with Gasteiger partial charge in [0.1, 0.15) is 0 Å². The summed E-state index contributed by atoms with van der Waals surface area (Å²) < 4.78 is 0. The monoisotopic (exact) mass is 329 g/mol. The number of rotatable bonds is 8. The number of likely N-dealkylation sites (N-methyl/N-ethyl adjacent to an activating group) is 1. The van der Waals surface area contributed by atoms with Gasteiger partial charge in [-0.2, -0.15) is 0 Å². The maximum atomic E-state index is 3.80. The van der Waals surface area contributed by atoms with E-state index in [4.69, 9.17) is 0 Å². The fourth-order valence-corrected chi connectivity index (χ4v) is 4.27. The van der Waals surface area contributed by atoms with Crippen LogP contribution in [0, 0.1) is 0 Å². The van der Waals surface area contributed by atoms with Gasteiger partial charge in [0.15, 0.2) is 0 Å². The van der Waals surface area contributed by atoms with Crippen molar-refractivity contribution >= 4 is 0 Å². The van der Waals surface area contributed by atoms with Gasteiger partial charge in [0.05, 0.1) is 0 Å². The van der Waals surface area contributed by atoms with Crippen LogP contribution in [0.15, 0.2) is 30.3 Å². The SMILES string of the molecule is CN(CCNC1CCN(CCc2ccccc2)CC1)C1CCCC1. The molecule has 3 rings (SSSR count). The molecule has 0 bridgehead atoms. The van der Waals surface area contributed by atoms with E-state index in [1.165, 1.54) is 76.7 Å². The molecule has 2 aliphatic rings. The van der Waals surface area contributed by atoms with Crippen molar-refractivity contribution in [1.29, 1.82) is 0 Å². The van der Waals surface area contributed by atoms with E-state index in [0.717, 1.165) is 18.6 Å². The Hall–Kier alpha value is -0.900. The Morgan fingerprint density at radius 1 is 1.04 bits per heavy atom. The molecule has 3 nitrogen and oxygen atoms in total. The standard InChI is InChI=1S/C21H35N3/c1-23(21-9-5-6-10-21)18-14-22-20-12-16-24(17-13-20)15-11-19-7-3-2-4-8-19/h2-4,7-8,20-22H,5-6,9-18H2,1H3. The van der Waals surface area contributed by atoms with Crippen molar-refractivity contribution in [2.45, 2.75) is 57.0 Å². The van der Waals surface area contributed by atoms with Crippen molar-refractivity contribution in [3.8, 4) is 0 Å². The van der Waals surface area contributed by atoms with Gasteiger partial charge in [-0.15, -0.1) is 0 Å². The van der Waals surface area contributed by atoms with Crippen LogP contribution in [0.3, 0.4) is 0 Å². The molecular formula is C21H35N3. The number of benzene rings is 1. The maximum Gasteiger partial charge on any atom is 0.0107 e. The van der Waals surface area contributed by atoms with Crippen LogP contribution in [0.2, 0.25) is 0 Å². The normalized spacial score (nSPS) is 20.9. The first-order valence-corrected chi connectivity index (χ1v) is 10.0. The molecular weight excluding hydrogens is 294 g/mol. The summed E-state index contributed by atoms with van der Waals surface area (Å²) in [5, 5.41) is 3.80. The van der Waals surface area contributed by atoms with Gasteiger partial charge in [-0.05, 0) is 57.8 Å². The van der Waals surface area contributed by atoms with Crippen molar-refractivity contribution in [3.63, 3.8) is 0 Å². The van der Waals surface area contributed by atoms with Crippen molar-refractivity contribution in [1.82, 2.24) is 15.1 Å². The molecule has 0 aromatic heterocycles. The van der Waals surface area contributed by atoms with E-state index >= 15 is 0 Å². The third-order valence-electron chi connectivity index (χ3n) is 5.99. The molecule has 0 spiro atoms. The molecule has 1 aromatic carbocycles. The van der Waals surface area contributed by atoms with Crippen molar-refractivity contribution < 1.29 is 0 Å². The summed E-state index contributed by atoms with van der Waals surface area (Å²) in [4.78, 5) is 5.21. The van der Waals surface area contributed by atoms with Crippen LogP contribution in [-0.2, 0) is 6.42 Å². The smallest absolute Gasteiger partial charge is 0.0107 e. The molecule has 1 N–H and O–H groups in total. The number of likely N-dealkylation sites (tertiary alicyclic amines) is 1. The molecule has 1 aliphatic heterocycles. The van der Waals surface area contributed by atoms with E-state index in [2.05, 4.69) is 52.5 Å². The zero-order valence-corrected chi connectivity index (χ0v) is 15.4. The summed E-state index contributed by atoms with van der Waals surface area (Å²) >= 11 is 0. The summed E-state index contributed by atoms with van der Waals surface area (Å²) in [5.74, 6) is 0. The average molecular weight is 330 g/mol. The van der Waals surface area contributed by atoms with Crippen LogP contribution in [0.25, 0.3) is 0 Å². The van der Waals surface area contributed by atoms with E-state index in [1.54, 1.807) is 0 Å². The van der Waals surface area contributed by atoms with E-state index in [1.807, 2.05) is 0 Å². The third-order valence-corrected chi connectivity index (χ3v) is 5.99. The molecule has 1 aliphatic carbocycles. The first-order chi connectivity index (χ1) is 11.8. The van der Waals surface area contributed by atoms with Gasteiger partial charge in [0.2, 0.25) is 0 Å². The Kier molecular flexibility index (Phi) is 7.13. The molecule has 1 saturated carbocycles. The second kappa shape index (κ2) is 9.55. The Morgan fingerprint density at radius 2 is 1.75 bits per heavy atom. The molecule has 1 aromatic rings. The van der Waals surface area contributed by atoms with Crippen LogP contribution in [0.4, 0.5) is 0 Å². The first kappa shape index (κ1) is 17.9. The Labute approximate surface area is 148 Å². The zero-order valence-electron chi connectivity index (χ0n) is 15.4. The lowest BCUT2D eigenvalue weighted by Gasteiger charge is -2.33. The van der Waals surface area contributed by atoms with Gasteiger partial charge in [-0.3, -0.25) is 0 Å². The summed E-state index contributed by atoms with van der Waals surface area (Å²) in [6.07, 6.45) is 9.50. The van der Waals surface area contributed by atoms with Crippen molar-refractivity contribution in [3.05, 3.63) is 35.9 Å². The Bertz CT molecular complexity index is 447. The van der Waals surface area contributed by atoms with Gasteiger partial charge in [-0.25, -0.2) is 0 Å². The molecule has 1 saturated heterocycles. The topological polar surface area (TPSA) is 18.5 Å². The molecule has 0 radical (unpaired) electrons. The minimum atomic E-state index is 0.731. The minimum Gasteiger partial charge on any atom is -0.313 e. The molecule has 24 heavy (non-hydrogen) atoms. The van der Waals surface area contributed by atoms with E-state index < -0.39 is 0 Å². The van der Waals surface area contributed by atoms with E-state index in [-0.39, 0.29) is 0 Å². The molecule has 2 fully saturated rings. The summed E-state index contributed by atoms with van der Waals surface area (Å²) in [6, 6.07) is 12.5. The Morgan fingerprint density at radius 3 is 2.46 bits per heavy atom. The van der Waals surface area contributed by atoms with Gasteiger partial charge in [-0.1, -0.05) is 43.2 Å². The summed E-state index contributed by atoms with van der Waals surface area (Å²) in [5.41, 5.74) is 1.47. The van der Waals surface area contributed by atoms with Crippen molar-refractivity contribution in [2.75, 3.05) is 39.8 Å². The van der Waals surface area contributed by atoms with E-state index in [0.29, 0.717) is 0 Å². The minimum absolute atomic E-state index is 0.731. The molecule has 3 heteroatoms. The maximum absolute atomic E-state index is 3.80. The molecule has 0 atom stereocenters. The van der Waals surface area contributed by atoms with Crippen LogP contribution >= 0.6 is 0 Å². The Balaban J connectivity index is 1.26. The number of piperidine rings is 1. The molecule has 0 amide bonds. The van der Waals surface area contributed by atoms with Crippen LogP contribution in [-0.4, -0.2) is 61.7 Å². The summed E-state index contributed by atoms with van der Waals surface area (Å²) in [7, 11) is 2.31. The molecule has 1 heterocycles. The van der Waals surface area contributed by atoms with Gasteiger partial charge < -0.3 is 15.1 Å². The second-order valence-corrected chi connectivity index (χ2v) is 7.72. The second-order valence-electron chi connectivity index (χ2n) is 7.72. The predicted molar refractivity (Wildman–Crippen MR) is 102 cm³/mol. The number of nitrogens with zero attached hydrogens (tertiary/aromatic N) is 2. The lowest BCUT2D eigenvalue weighted by molar-refractivity contribution is 0.191. The highest BCUT2D eigenvalue weighted by Crippen LogP contribution is 2.21. The molecule has 134 valence electrons. The van der Waals surface area contributed by atoms with Crippen LogP contribution in [0.1, 0.15) is 44.1 Å². The van der Waals surface area contributed by atoms with E-state index in [9.17, 15) is 0 Å². The quantitative estimate of drug-likeness (QED) is 0.790. The third kappa shape index (κ3) is 5.58. The average Bonchev–Trinajstić information content (AvgIpc) is 3.17. The lowest BCUT2D eigenvalue weighted by Crippen LogP contribution is -2.45. The zero-order chi connectivity index (χ0) is 16.6. The van der Waals surface area contributed by atoms with Gasteiger partial charge >= 0.3 is 0 Å². The number of hydrogen-bond donors (Lipinski definition) is 1. The fourth-order valence-electron chi connectivity index (χ4n) is 4.27. The van der Waals surface area contributed by atoms with Crippen molar-refractivity contribution in [2.24, 2.45) is 0 Å². The van der Waals surface area contributed by atoms with Gasteiger partial charge in [0.25, 0.3) is 0 Å². The largest absolute Gasteiger partial charge is 0.313 e. The van der Waals surface area contributed by atoms with Gasteiger partial charge in [0, 0.05) is 31.7 Å². The predicted octanol–water partition coefficient (Wildman–Crippen LogP) is 3.16. The number of hydrogen-bond acceptors (Lipinski definition) is 3. The molecule has 0 unspecified atom stereocenters. The van der Waals surface area contributed by atoms with Crippen LogP contribution in [0.5, 0.6) is 0 Å². The summed E-state index contributed by atoms with van der Waals surface area (Å²) in [6.45, 7) is 6.08. The highest BCUT2D eigenvalue weighted by atomic mass is 15.2. The fraction of sp³-hybridized carbons (Fsp3) is 0.714. The number of nitrogens with one attached hydrogen (secondary N) is 1. The first-order valence-electron chi connectivity index (χ1n) is 10.0. The highest BCUT2D eigenvalue weighted by molar-refractivity contribution is 5.14. The highest BCUT2D eigenvalue weighted by Gasteiger charge is 2.21.